The number of nitrogens with zero attached hydrogens (tertiary/aromatic N) is 2. The van der Waals surface area contributed by atoms with Gasteiger partial charge in [0.25, 0.3) is 0 Å². The van der Waals surface area contributed by atoms with Crippen molar-refractivity contribution in [1.29, 1.82) is 0 Å². The highest BCUT2D eigenvalue weighted by atomic mass is 16.6. The Bertz CT molecular complexity index is 1700. The van der Waals surface area contributed by atoms with Crippen molar-refractivity contribution >= 4 is 23.7 Å². The summed E-state index contributed by atoms with van der Waals surface area (Å²) in [5.41, 5.74) is 10.9. The van der Waals surface area contributed by atoms with Crippen molar-refractivity contribution in [2.24, 2.45) is 4.99 Å². The minimum atomic E-state index is 0.0481. The van der Waals surface area contributed by atoms with E-state index in [1.165, 1.54) is 101 Å². The smallest absolute Gasteiger partial charge is 0.163 e. The average Bonchev–Trinajstić information content (AvgIpc) is 3.65. The number of benzene rings is 3. The number of unbranched alkanes of at least 4 members (excludes halogenated alkanes) is 14. The minimum Gasteiger partial charge on any atom is -0.487 e. The van der Waals surface area contributed by atoms with Crippen LogP contribution in [0.25, 0.3) is 6.08 Å². The predicted molar refractivity (Wildman–Crippen MR) is 235 cm³/mol. The number of hydrogen-bond acceptors (Lipinski definition) is 7. The Hall–Kier alpha value is -4.25. The van der Waals surface area contributed by atoms with Gasteiger partial charge in [0.15, 0.2) is 11.5 Å². The van der Waals surface area contributed by atoms with Gasteiger partial charge in [-0.15, -0.1) is 6.42 Å². The molecule has 1 N–H and O–H groups in total. The molecule has 1 heterocycles. The number of rotatable bonds is 29. The van der Waals surface area contributed by atoms with Gasteiger partial charge in [0.05, 0.1) is 24.6 Å². The van der Waals surface area contributed by atoms with Gasteiger partial charge in [-0.3, -0.25) is 15.4 Å². The van der Waals surface area contributed by atoms with Crippen molar-refractivity contribution < 1.29 is 18.9 Å². The van der Waals surface area contributed by atoms with Crippen LogP contribution < -0.4 is 19.9 Å². The Labute approximate surface area is 338 Å². The van der Waals surface area contributed by atoms with Crippen molar-refractivity contribution in [3.8, 4) is 23.8 Å². The number of fused-ring (bicyclic) bond motifs is 2. The third-order valence-corrected chi connectivity index (χ3v) is 10.7. The Morgan fingerprint density at radius 1 is 0.679 bits per heavy atom. The highest BCUT2D eigenvalue weighted by Gasteiger charge is 2.26. The molecular weight excluding hydrogens is 695 g/mol. The molecule has 0 saturated carbocycles. The molecule has 2 aliphatic rings. The molecule has 302 valence electrons. The number of nitrogens with one attached hydrogen (secondary N) is 1. The van der Waals surface area contributed by atoms with Gasteiger partial charge in [-0.25, -0.2) is 0 Å². The highest BCUT2D eigenvalue weighted by molar-refractivity contribution is 5.92. The minimum absolute atomic E-state index is 0.0481. The Balaban J connectivity index is 1.20. The molecule has 0 radical (unpaired) electrons. The molecule has 0 amide bonds. The van der Waals surface area contributed by atoms with Crippen molar-refractivity contribution in [3.63, 3.8) is 0 Å². The van der Waals surface area contributed by atoms with E-state index in [1.54, 1.807) is 0 Å². The molecule has 3 aromatic rings. The number of allylic oxidation sites excluding steroid dienone is 1. The maximum Gasteiger partial charge on any atom is 0.163 e. The number of hydrogen-bond donors (Lipinski definition) is 1. The monoisotopic (exact) mass is 762 g/mol. The van der Waals surface area contributed by atoms with Crippen LogP contribution >= 0.6 is 0 Å². The van der Waals surface area contributed by atoms with Gasteiger partial charge in [-0.2, -0.15) is 0 Å². The summed E-state index contributed by atoms with van der Waals surface area (Å²) < 4.78 is 24.7. The van der Waals surface area contributed by atoms with Gasteiger partial charge in [0.2, 0.25) is 0 Å². The normalized spacial score (nSPS) is 14.1. The van der Waals surface area contributed by atoms with E-state index < -0.39 is 0 Å². The lowest BCUT2D eigenvalue weighted by Gasteiger charge is -2.31. The molecule has 1 aliphatic heterocycles. The molecule has 1 atom stereocenters. The second kappa shape index (κ2) is 25.1. The molecule has 3 aromatic carbocycles. The van der Waals surface area contributed by atoms with Crippen LogP contribution in [-0.2, 0) is 9.47 Å². The highest BCUT2D eigenvalue weighted by Crippen LogP contribution is 2.42. The summed E-state index contributed by atoms with van der Waals surface area (Å²) >= 11 is 0. The van der Waals surface area contributed by atoms with Crippen LogP contribution in [0.15, 0.2) is 65.7 Å². The topological polar surface area (TPSA) is 64.6 Å². The summed E-state index contributed by atoms with van der Waals surface area (Å²) in [6, 6.07) is 18.7. The lowest BCUT2D eigenvalue weighted by Crippen LogP contribution is -2.33. The van der Waals surface area contributed by atoms with Crippen molar-refractivity contribution in [2.45, 2.75) is 122 Å². The maximum absolute atomic E-state index is 6.40. The molecule has 0 aromatic heterocycles. The van der Waals surface area contributed by atoms with Gasteiger partial charge in [0.1, 0.15) is 19.9 Å². The average molecular weight is 762 g/mol. The van der Waals surface area contributed by atoms with Gasteiger partial charge in [0, 0.05) is 48.1 Å². The summed E-state index contributed by atoms with van der Waals surface area (Å²) in [5.74, 6) is 4.35. The molecule has 0 fully saturated rings. The third kappa shape index (κ3) is 13.5. The molecule has 7 heteroatoms. The molecule has 0 bridgehead atoms. The first kappa shape index (κ1) is 42.9. The zero-order chi connectivity index (χ0) is 39.0. The lowest BCUT2D eigenvalue weighted by atomic mass is 9.88. The summed E-state index contributed by atoms with van der Waals surface area (Å²) in [5, 5.41) is 2.06. The Morgan fingerprint density at radius 2 is 1.29 bits per heavy atom. The number of aliphatic imine (C=N–C) groups is 1. The van der Waals surface area contributed by atoms with E-state index in [4.69, 9.17) is 30.4 Å². The van der Waals surface area contributed by atoms with Crippen molar-refractivity contribution in [2.75, 3.05) is 56.7 Å². The molecule has 1 unspecified atom stereocenters. The molecule has 5 rings (SSSR count). The summed E-state index contributed by atoms with van der Waals surface area (Å²) in [4.78, 5) is 4.72. The lowest BCUT2D eigenvalue weighted by molar-refractivity contribution is 0.0883. The molecule has 0 saturated heterocycles. The summed E-state index contributed by atoms with van der Waals surface area (Å²) in [6.07, 6.45) is 33.0. The van der Waals surface area contributed by atoms with Gasteiger partial charge < -0.3 is 18.9 Å². The summed E-state index contributed by atoms with van der Waals surface area (Å²) in [6.45, 7) is 8.42. The second-order valence-corrected chi connectivity index (χ2v) is 15.1. The third-order valence-electron chi connectivity index (χ3n) is 10.7. The molecule has 1 aliphatic carbocycles. The molecular formula is C49H67N3O4. The zero-order valence-electron chi connectivity index (χ0n) is 34.4. The molecule has 56 heavy (non-hydrogen) atoms. The van der Waals surface area contributed by atoms with Crippen LogP contribution in [0.3, 0.4) is 0 Å². The van der Waals surface area contributed by atoms with E-state index in [-0.39, 0.29) is 5.92 Å². The zero-order valence-corrected chi connectivity index (χ0v) is 34.4. The second-order valence-electron chi connectivity index (χ2n) is 15.1. The standard InChI is InChI=1S/C49H67N3O4/c1-4-7-9-11-13-15-17-21-30-53-32-34-55-47-36-42-38-50-39-52(46(42)37-48(47)56-35-33-54-31-22-18-16-14-12-10-8-5-2)51-45-27-23-25-40(6-3)49(45)44-29-28-41-24-19-20-26-43(41)44/h3,19-20,23-29,36-38,44,51H,4-5,7-18,21-22,30-35,39H2,1-2H3. The van der Waals surface area contributed by atoms with Crippen LogP contribution in [0.2, 0.25) is 0 Å². The number of ether oxygens (including phenoxy) is 4. The fraction of sp³-hybridized carbons (Fsp3) is 0.531. The quantitative estimate of drug-likeness (QED) is 0.0561. The first-order chi connectivity index (χ1) is 27.7. The van der Waals surface area contributed by atoms with Crippen LogP contribution in [0.5, 0.6) is 11.5 Å². The van der Waals surface area contributed by atoms with E-state index in [0.717, 1.165) is 54.1 Å². The summed E-state index contributed by atoms with van der Waals surface area (Å²) in [7, 11) is 0. The SMILES string of the molecule is C#Cc1cccc(NN2CN=Cc3cc(OCCOCCCCCCCCCC)c(OCCOCCCCCCCCCC)cc32)c1C1C=Cc2ccccc21. The Kier molecular flexibility index (Phi) is 19.2. The first-order valence-electron chi connectivity index (χ1n) is 21.7. The Morgan fingerprint density at radius 3 is 1.93 bits per heavy atom. The van der Waals surface area contributed by atoms with E-state index in [2.05, 4.69) is 78.8 Å². The van der Waals surface area contributed by atoms with Crippen LogP contribution in [0, 0.1) is 12.3 Å². The van der Waals surface area contributed by atoms with E-state index >= 15 is 0 Å². The van der Waals surface area contributed by atoms with Crippen LogP contribution in [0.4, 0.5) is 11.4 Å². The van der Waals surface area contributed by atoms with Crippen molar-refractivity contribution in [1.82, 2.24) is 0 Å². The van der Waals surface area contributed by atoms with Crippen LogP contribution in [0.1, 0.15) is 150 Å². The fourth-order valence-electron chi connectivity index (χ4n) is 7.59. The molecule has 0 spiro atoms. The van der Waals surface area contributed by atoms with E-state index in [0.29, 0.717) is 44.6 Å². The fourth-order valence-corrected chi connectivity index (χ4v) is 7.59. The maximum atomic E-state index is 6.40. The van der Waals surface area contributed by atoms with E-state index in [1.807, 2.05) is 24.4 Å². The first-order valence-corrected chi connectivity index (χ1v) is 21.7. The van der Waals surface area contributed by atoms with Gasteiger partial charge >= 0.3 is 0 Å². The predicted octanol–water partition coefficient (Wildman–Crippen LogP) is 12.1. The number of terminal acetylenes is 1. The molecule has 7 nitrogen and oxygen atoms in total. The number of hydrazine groups is 1. The van der Waals surface area contributed by atoms with Crippen molar-refractivity contribution in [3.05, 3.63) is 88.5 Å². The van der Waals surface area contributed by atoms with Gasteiger partial charge in [-0.1, -0.05) is 152 Å². The number of anilines is 2. The van der Waals surface area contributed by atoms with Crippen LogP contribution in [-0.4, -0.2) is 52.5 Å². The largest absolute Gasteiger partial charge is 0.487 e. The van der Waals surface area contributed by atoms with E-state index in [9.17, 15) is 0 Å². The van der Waals surface area contributed by atoms with Gasteiger partial charge in [-0.05, 0) is 42.2 Å².